The quantitative estimate of drug-likeness (QED) is 0.353. The first kappa shape index (κ1) is 30.1. The average Bonchev–Trinajstić information content (AvgIpc) is 3.63. The van der Waals surface area contributed by atoms with E-state index in [4.69, 9.17) is 10.5 Å². The fourth-order valence-corrected chi connectivity index (χ4v) is 7.60. The number of hydrogen-bond donors (Lipinski definition) is 3. The van der Waals surface area contributed by atoms with E-state index in [1.165, 1.54) is 21.2 Å². The molecule has 3 atom stereocenters. The van der Waals surface area contributed by atoms with Crippen LogP contribution in [0.15, 0.2) is 36.4 Å². The molecule has 3 aromatic rings. The van der Waals surface area contributed by atoms with Gasteiger partial charge in [-0.25, -0.2) is 13.3 Å². The van der Waals surface area contributed by atoms with Crippen molar-refractivity contribution in [3.63, 3.8) is 0 Å². The Morgan fingerprint density at radius 3 is 2.52 bits per heavy atom. The first-order valence-electron chi connectivity index (χ1n) is 15.1. The number of nitrogens with zero attached hydrogens (tertiary/aromatic N) is 3. The molecule has 0 saturated heterocycles. The van der Waals surface area contributed by atoms with Crippen molar-refractivity contribution in [3.05, 3.63) is 53.1 Å². The van der Waals surface area contributed by atoms with Crippen molar-refractivity contribution >= 4 is 39.9 Å². The van der Waals surface area contributed by atoms with Crippen LogP contribution in [0.4, 0.5) is 4.79 Å². The van der Waals surface area contributed by atoms with Gasteiger partial charge in [0.25, 0.3) is 5.91 Å². The summed E-state index contributed by atoms with van der Waals surface area (Å²) in [6, 6.07) is 11.5. The van der Waals surface area contributed by atoms with Crippen molar-refractivity contribution in [2.45, 2.75) is 62.4 Å². The van der Waals surface area contributed by atoms with Gasteiger partial charge in [-0.15, -0.1) is 0 Å². The van der Waals surface area contributed by atoms with Gasteiger partial charge in [-0.2, -0.15) is 0 Å². The van der Waals surface area contributed by atoms with Crippen LogP contribution < -0.4 is 20.5 Å². The van der Waals surface area contributed by atoms with E-state index in [2.05, 4.69) is 26.7 Å². The number of methoxy groups -OCH3 is 1. The molecule has 11 nitrogen and oxygen atoms in total. The number of fused-ring (bicyclic) bond motifs is 7. The highest BCUT2D eigenvalue weighted by Gasteiger charge is 2.59. The van der Waals surface area contributed by atoms with E-state index in [0.717, 1.165) is 59.2 Å². The van der Waals surface area contributed by atoms with Gasteiger partial charge in [0.05, 0.1) is 18.3 Å². The Morgan fingerprint density at radius 2 is 1.84 bits per heavy atom. The SMILES string of the molecule is COc1ccc2c(c1)C1CC1(NC(=O)N(C)CC(N)=O)Cn1c-2c(C2CCCCC2)c2ccc(C(=O)NS(=O)N(C)C)cc21. The number of carbonyl (C=O) groups is 3. The Hall–Kier alpha value is -3.90. The van der Waals surface area contributed by atoms with E-state index in [0.29, 0.717) is 24.4 Å². The molecular formula is C32H40N6O5S. The summed E-state index contributed by atoms with van der Waals surface area (Å²) in [5.41, 5.74) is 10.7. The molecule has 3 unspecified atom stereocenters. The molecule has 44 heavy (non-hydrogen) atoms. The summed E-state index contributed by atoms with van der Waals surface area (Å²) in [5.74, 6) is 0.133. The molecule has 1 aromatic heterocycles. The predicted molar refractivity (Wildman–Crippen MR) is 169 cm³/mol. The average molecular weight is 621 g/mol. The van der Waals surface area contributed by atoms with Gasteiger partial charge in [0, 0.05) is 55.6 Å². The summed E-state index contributed by atoms with van der Waals surface area (Å²) in [6.07, 6.45) is 6.44. The minimum atomic E-state index is -1.66. The van der Waals surface area contributed by atoms with Gasteiger partial charge in [-0.05, 0) is 66.6 Å². The van der Waals surface area contributed by atoms with Crippen LogP contribution in [0.25, 0.3) is 22.2 Å². The summed E-state index contributed by atoms with van der Waals surface area (Å²) in [5, 5.41) is 4.34. The van der Waals surface area contributed by atoms with E-state index in [-0.39, 0.29) is 18.5 Å². The number of aromatic nitrogens is 1. The molecule has 6 rings (SSSR count). The van der Waals surface area contributed by atoms with Crippen molar-refractivity contribution in [1.29, 1.82) is 0 Å². The number of benzene rings is 2. The molecule has 0 bridgehead atoms. The molecule has 12 heteroatoms. The fourth-order valence-electron chi connectivity index (χ4n) is 7.14. The lowest BCUT2D eigenvalue weighted by Gasteiger charge is -2.25. The minimum Gasteiger partial charge on any atom is -0.497 e. The first-order chi connectivity index (χ1) is 21.0. The number of amides is 4. The van der Waals surface area contributed by atoms with E-state index in [1.807, 2.05) is 24.3 Å². The number of ether oxygens (including phenoxy) is 1. The zero-order valence-corrected chi connectivity index (χ0v) is 26.5. The zero-order valence-electron chi connectivity index (χ0n) is 25.6. The van der Waals surface area contributed by atoms with Crippen LogP contribution in [-0.4, -0.2) is 76.2 Å². The monoisotopic (exact) mass is 620 g/mol. The van der Waals surface area contributed by atoms with Gasteiger partial charge in [0.15, 0.2) is 11.2 Å². The van der Waals surface area contributed by atoms with Crippen molar-refractivity contribution < 1.29 is 23.3 Å². The number of carbonyl (C=O) groups excluding carboxylic acids is 3. The summed E-state index contributed by atoms with van der Waals surface area (Å²) in [6.45, 7) is 0.297. The van der Waals surface area contributed by atoms with Crippen LogP contribution in [0.3, 0.4) is 0 Å². The molecule has 3 aliphatic rings. The molecule has 1 aliphatic heterocycles. The van der Waals surface area contributed by atoms with Gasteiger partial charge >= 0.3 is 6.03 Å². The van der Waals surface area contributed by atoms with Crippen molar-refractivity contribution in [2.24, 2.45) is 5.73 Å². The van der Waals surface area contributed by atoms with Crippen LogP contribution in [0.5, 0.6) is 5.75 Å². The van der Waals surface area contributed by atoms with Crippen molar-refractivity contribution in [2.75, 3.05) is 34.8 Å². The molecule has 2 aromatic carbocycles. The molecule has 234 valence electrons. The third kappa shape index (κ3) is 5.34. The molecule has 2 aliphatic carbocycles. The molecule has 2 heterocycles. The Labute approximate surface area is 259 Å². The van der Waals surface area contributed by atoms with Gasteiger partial charge < -0.3 is 25.3 Å². The highest BCUT2D eigenvalue weighted by molar-refractivity contribution is 7.81. The van der Waals surface area contributed by atoms with Crippen LogP contribution in [0.2, 0.25) is 0 Å². The second-order valence-corrected chi connectivity index (χ2v) is 14.0. The Balaban J connectivity index is 1.54. The third-order valence-corrected chi connectivity index (χ3v) is 10.4. The van der Waals surface area contributed by atoms with Crippen LogP contribution >= 0.6 is 0 Å². The third-order valence-electron chi connectivity index (χ3n) is 9.39. The van der Waals surface area contributed by atoms with Gasteiger partial charge in [-0.1, -0.05) is 25.3 Å². The molecule has 4 N–H and O–H groups in total. The smallest absolute Gasteiger partial charge is 0.318 e. The molecule has 2 fully saturated rings. The van der Waals surface area contributed by atoms with Gasteiger partial charge in [0.1, 0.15) is 12.3 Å². The van der Waals surface area contributed by atoms with Gasteiger partial charge in [-0.3, -0.25) is 14.3 Å². The molecule has 0 radical (unpaired) electrons. The molecule has 2 saturated carbocycles. The Morgan fingerprint density at radius 1 is 1.09 bits per heavy atom. The van der Waals surface area contributed by atoms with Crippen LogP contribution in [0.1, 0.15) is 71.8 Å². The van der Waals surface area contributed by atoms with Crippen LogP contribution in [0, 0.1) is 0 Å². The summed E-state index contributed by atoms with van der Waals surface area (Å²) >= 11 is -1.66. The maximum atomic E-state index is 13.3. The van der Waals surface area contributed by atoms with E-state index >= 15 is 0 Å². The lowest BCUT2D eigenvalue weighted by atomic mass is 9.81. The fraction of sp³-hybridized carbons (Fsp3) is 0.469. The topological polar surface area (TPSA) is 139 Å². The first-order valence-corrected chi connectivity index (χ1v) is 16.2. The lowest BCUT2D eigenvalue weighted by molar-refractivity contribution is -0.118. The second-order valence-electron chi connectivity index (χ2n) is 12.5. The molecule has 4 amide bonds. The van der Waals surface area contributed by atoms with E-state index in [9.17, 15) is 18.6 Å². The highest BCUT2D eigenvalue weighted by atomic mass is 32.2. The predicted octanol–water partition coefficient (Wildman–Crippen LogP) is 3.60. The summed E-state index contributed by atoms with van der Waals surface area (Å²) in [7, 11) is 6.48. The number of nitrogens with one attached hydrogen (secondary N) is 2. The summed E-state index contributed by atoms with van der Waals surface area (Å²) in [4.78, 5) is 39.4. The highest BCUT2D eigenvalue weighted by Crippen LogP contribution is 2.60. The van der Waals surface area contributed by atoms with Crippen molar-refractivity contribution in [1.82, 2.24) is 23.8 Å². The number of likely N-dealkylation sites (N-methyl/N-ethyl adjacent to an activating group) is 1. The second kappa shape index (κ2) is 11.6. The lowest BCUT2D eigenvalue weighted by Crippen LogP contribution is -2.49. The van der Waals surface area contributed by atoms with Crippen LogP contribution in [-0.2, 0) is 22.5 Å². The molecule has 0 spiro atoms. The zero-order chi connectivity index (χ0) is 31.3. The number of nitrogens with two attached hydrogens (primary N) is 1. The maximum absolute atomic E-state index is 13.3. The Kier molecular flexibility index (Phi) is 7.91. The number of rotatable bonds is 8. The minimum absolute atomic E-state index is 0.0293. The number of hydrogen-bond acceptors (Lipinski definition) is 5. The number of primary amides is 1. The number of urea groups is 1. The normalized spacial score (nSPS) is 21.4. The maximum Gasteiger partial charge on any atom is 0.318 e. The van der Waals surface area contributed by atoms with Crippen molar-refractivity contribution in [3.8, 4) is 17.0 Å². The van der Waals surface area contributed by atoms with Gasteiger partial charge in [0.2, 0.25) is 5.91 Å². The standard InChI is InChI=1S/C32H40N6O5S/c1-36(2)44(42)35-30(40)20-10-12-23-26(14-20)38-18-32(34-31(41)37(3)17-27(33)39)16-25(32)24-15-21(43-4)11-13-22(24)29(38)28(23)19-8-6-5-7-9-19/h10-15,19,25H,5-9,16-18H2,1-4H3,(H2,33,39)(H,34,41)(H,35,40). The Bertz CT molecular complexity index is 1680. The largest absolute Gasteiger partial charge is 0.497 e. The molecular weight excluding hydrogens is 580 g/mol. The summed E-state index contributed by atoms with van der Waals surface area (Å²) < 4.78 is 24.3. The van der Waals surface area contributed by atoms with E-state index < -0.39 is 28.5 Å². The van der Waals surface area contributed by atoms with E-state index in [1.54, 1.807) is 28.3 Å².